The molecule has 0 spiro atoms. The number of nitrogens with two attached hydrogens (primary N) is 1. The molecule has 2 aromatic rings. The van der Waals surface area contributed by atoms with Gasteiger partial charge in [-0.1, -0.05) is 26.0 Å². The minimum Gasteiger partial charge on any atom is -0.457 e. The summed E-state index contributed by atoms with van der Waals surface area (Å²) in [6.45, 7) is 8.30. The highest BCUT2D eigenvalue weighted by Gasteiger charge is 2.08. The highest BCUT2D eigenvalue weighted by molar-refractivity contribution is 5.96. The molecule has 2 aromatic carbocycles. The third kappa shape index (κ3) is 3.43. The van der Waals surface area contributed by atoms with Crippen LogP contribution in [-0.4, -0.2) is 5.84 Å². The van der Waals surface area contributed by atoms with Crippen LogP contribution >= 0.6 is 0 Å². The Kier molecular flexibility index (Phi) is 4.32. The highest BCUT2D eigenvalue weighted by Crippen LogP contribution is 2.29. The second-order valence-corrected chi connectivity index (χ2v) is 5.67. The molecule has 3 nitrogen and oxygen atoms in total. The van der Waals surface area contributed by atoms with Crippen molar-refractivity contribution in [2.75, 3.05) is 0 Å². The number of rotatable bonds is 4. The molecule has 2 rings (SSSR count). The molecule has 0 bridgehead atoms. The van der Waals surface area contributed by atoms with Gasteiger partial charge in [0.15, 0.2) is 0 Å². The minimum absolute atomic E-state index is 0.0806. The largest absolute Gasteiger partial charge is 0.457 e. The van der Waals surface area contributed by atoms with Crippen LogP contribution in [0.15, 0.2) is 36.4 Å². The summed E-state index contributed by atoms with van der Waals surface area (Å²) in [5, 5.41) is 7.51. The van der Waals surface area contributed by atoms with Crippen LogP contribution in [0, 0.1) is 19.3 Å². The van der Waals surface area contributed by atoms with E-state index in [1.807, 2.05) is 32.0 Å². The maximum Gasteiger partial charge on any atom is 0.130 e. The zero-order valence-electron chi connectivity index (χ0n) is 13.0. The molecule has 0 aliphatic heterocycles. The second-order valence-electron chi connectivity index (χ2n) is 5.67. The van der Waals surface area contributed by atoms with Crippen molar-refractivity contribution in [3.05, 3.63) is 58.7 Å². The molecule has 0 unspecified atom stereocenters. The van der Waals surface area contributed by atoms with Crippen molar-refractivity contribution in [3.63, 3.8) is 0 Å². The third-order valence-corrected chi connectivity index (χ3v) is 3.59. The predicted molar refractivity (Wildman–Crippen MR) is 87.5 cm³/mol. The second kappa shape index (κ2) is 6.00. The van der Waals surface area contributed by atoms with Crippen molar-refractivity contribution >= 4 is 5.84 Å². The Bertz CT molecular complexity index is 675. The van der Waals surface area contributed by atoms with E-state index in [4.69, 9.17) is 15.9 Å². The number of hydrogen-bond acceptors (Lipinski definition) is 2. The number of ether oxygens (including phenoxy) is 1. The lowest BCUT2D eigenvalue weighted by Crippen LogP contribution is -2.12. The Hall–Kier alpha value is -2.29. The number of amidine groups is 1. The molecule has 0 aromatic heterocycles. The fourth-order valence-corrected chi connectivity index (χ4v) is 2.21. The third-order valence-electron chi connectivity index (χ3n) is 3.59. The van der Waals surface area contributed by atoms with Crippen molar-refractivity contribution < 1.29 is 4.74 Å². The Labute approximate surface area is 126 Å². The summed E-state index contributed by atoms with van der Waals surface area (Å²) >= 11 is 0. The predicted octanol–water partition coefficient (Wildman–Crippen LogP) is 4.50. The molecule has 0 atom stereocenters. The van der Waals surface area contributed by atoms with Gasteiger partial charge in [0.1, 0.15) is 17.3 Å². The van der Waals surface area contributed by atoms with Gasteiger partial charge in [0, 0.05) is 5.56 Å². The topological polar surface area (TPSA) is 59.1 Å². The van der Waals surface area contributed by atoms with Gasteiger partial charge in [0.05, 0.1) is 0 Å². The van der Waals surface area contributed by atoms with E-state index in [2.05, 4.69) is 32.0 Å². The normalized spacial score (nSPS) is 10.7. The van der Waals surface area contributed by atoms with E-state index < -0.39 is 0 Å². The molecule has 21 heavy (non-hydrogen) atoms. The van der Waals surface area contributed by atoms with Gasteiger partial charge >= 0.3 is 0 Å². The maximum atomic E-state index is 7.51. The van der Waals surface area contributed by atoms with Crippen LogP contribution in [0.25, 0.3) is 0 Å². The summed E-state index contributed by atoms with van der Waals surface area (Å²) < 4.78 is 6.00. The van der Waals surface area contributed by atoms with E-state index in [0.717, 1.165) is 28.2 Å². The zero-order valence-corrected chi connectivity index (χ0v) is 13.0. The minimum atomic E-state index is 0.0806. The SMILES string of the molecule is Cc1ccc(C(C)C)cc1Oc1ccc(C(=N)N)c(C)c1. The highest BCUT2D eigenvalue weighted by atomic mass is 16.5. The first-order chi connectivity index (χ1) is 9.88. The summed E-state index contributed by atoms with van der Waals surface area (Å²) in [5.74, 6) is 2.18. The van der Waals surface area contributed by atoms with Gasteiger partial charge in [-0.2, -0.15) is 0 Å². The summed E-state index contributed by atoms with van der Waals surface area (Å²) in [7, 11) is 0. The van der Waals surface area contributed by atoms with Crippen LogP contribution in [0.5, 0.6) is 11.5 Å². The molecule has 0 radical (unpaired) electrons. The Morgan fingerprint density at radius 2 is 1.76 bits per heavy atom. The Morgan fingerprint density at radius 1 is 1.05 bits per heavy atom. The molecule has 0 fully saturated rings. The lowest BCUT2D eigenvalue weighted by molar-refractivity contribution is 0.477. The first kappa shape index (κ1) is 15.1. The van der Waals surface area contributed by atoms with Crippen molar-refractivity contribution in [2.24, 2.45) is 5.73 Å². The van der Waals surface area contributed by atoms with E-state index >= 15 is 0 Å². The summed E-state index contributed by atoms with van der Waals surface area (Å²) in [6.07, 6.45) is 0. The average Bonchev–Trinajstić information content (AvgIpc) is 2.40. The van der Waals surface area contributed by atoms with Crippen molar-refractivity contribution in [1.29, 1.82) is 5.41 Å². The lowest BCUT2D eigenvalue weighted by Gasteiger charge is -2.13. The molecule has 3 heteroatoms. The van der Waals surface area contributed by atoms with Gasteiger partial charge in [0.2, 0.25) is 0 Å². The first-order valence-electron chi connectivity index (χ1n) is 7.12. The summed E-state index contributed by atoms with van der Waals surface area (Å²) in [5.41, 5.74) is 9.59. The molecule has 3 N–H and O–H groups in total. The summed E-state index contributed by atoms with van der Waals surface area (Å²) in [6, 6.07) is 11.9. The molecule has 0 amide bonds. The van der Waals surface area contributed by atoms with Gasteiger partial charge in [-0.3, -0.25) is 5.41 Å². The molecule has 0 saturated heterocycles. The van der Waals surface area contributed by atoms with Crippen LogP contribution in [0.4, 0.5) is 0 Å². The number of benzene rings is 2. The molecular weight excluding hydrogens is 260 g/mol. The van der Waals surface area contributed by atoms with E-state index in [1.165, 1.54) is 5.56 Å². The lowest BCUT2D eigenvalue weighted by atomic mass is 10.0. The fourth-order valence-electron chi connectivity index (χ4n) is 2.21. The molecule has 0 aliphatic carbocycles. The van der Waals surface area contributed by atoms with E-state index in [9.17, 15) is 0 Å². The molecular formula is C18H22N2O. The monoisotopic (exact) mass is 282 g/mol. The van der Waals surface area contributed by atoms with Crippen LogP contribution < -0.4 is 10.5 Å². The zero-order chi connectivity index (χ0) is 15.6. The van der Waals surface area contributed by atoms with Crippen LogP contribution in [0.1, 0.15) is 42.0 Å². The van der Waals surface area contributed by atoms with Gasteiger partial charge in [-0.15, -0.1) is 0 Å². The standard InChI is InChI=1S/C18H22N2O/c1-11(2)14-6-5-12(3)17(10-14)21-15-7-8-16(18(19)20)13(4)9-15/h5-11H,1-4H3,(H3,19,20). The number of aryl methyl sites for hydroxylation is 2. The van der Waals surface area contributed by atoms with Gasteiger partial charge < -0.3 is 10.5 Å². The van der Waals surface area contributed by atoms with Crippen LogP contribution in [0.2, 0.25) is 0 Å². The Balaban J connectivity index is 2.32. The van der Waals surface area contributed by atoms with Crippen LogP contribution in [0.3, 0.4) is 0 Å². The fraction of sp³-hybridized carbons (Fsp3) is 0.278. The van der Waals surface area contributed by atoms with E-state index in [1.54, 1.807) is 0 Å². The molecule has 0 aliphatic rings. The quantitative estimate of drug-likeness (QED) is 0.640. The average molecular weight is 282 g/mol. The number of nitrogens with one attached hydrogen (secondary N) is 1. The smallest absolute Gasteiger partial charge is 0.130 e. The van der Waals surface area contributed by atoms with Crippen molar-refractivity contribution in [2.45, 2.75) is 33.6 Å². The number of nitrogen functional groups attached to an aromatic ring is 1. The van der Waals surface area contributed by atoms with E-state index in [-0.39, 0.29) is 5.84 Å². The van der Waals surface area contributed by atoms with Crippen molar-refractivity contribution in [3.8, 4) is 11.5 Å². The van der Waals surface area contributed by atoms with Gasteiger partial charge in [-0.25, -0.2) is 0 Å². The van der Waals surface area contributed by atoms with E-state index in [0.29, 0.717) is 5.92 Å². The Morgan fingerprint density at radius 3 is 2.33 bits per heavy atom. The van der Waals surface area contributed by atoms with Crippen molar-refractivity contribution in [1.82, 2.24) is 0 Å². The number of hydrogen-bond donors (Lipinski definition) is 2. The first-order valence-corrected chi connectivity index (χ1v) is 7.12. The van der Waals surface area contributed by atoms with Gasteiger partial charge in [0.25, 0.3) is 0 Å². The molecule has 0 heterocycles. The van der Waals surface area contributed by atoms with Crippen LogP contribution in [-0.2, 0) is 0 Å². The molecule has 110 valence electrons. The maximum absolute atomic E-state index is 7.51. The molecule has 0 saturated carbocycles. The summed E-state index contributed by atoms with van der Waals surface area (Å²) in [4.78, 5) is 0. The van der Waals surface area contributed by atoms with Gasteiger partial charge in [-0.05, 0) is 60.7 Å².